The van der Waals surface area contributed by atoms with E-state index in [0.29, 0.717) is 34.6 Å². The minimum absolute atomic E-state index is 0.109. The third-order valence-corrected chi connectivity index (χ3v) is 2.97. The van der Waals surface area contributed by atoms with E-state index in [1.807, 2.05) is 6.07 Å². The first-order valence-electron chi connectivity index (χ1n) is 5.83. The van der Waals surface area contributed by atoms with E-state index in [2.05, 4.69) is 9.97 Å². The summed E-state index contributed by atoms with van der Waals surface area (Å²) in [5.74, 6) is -0.109. The summed E-state index contributed by atoms with van der Waals surface area (Å²) in [4.78, 5) is 22.7. The lowest BCUT2D eigenvalue weighted by molar-refractivity contribution is 0.0800. The molecule has 0 bridgehead atoms. The number of hydrogen-bond donors (Lipinski definition) is 1. The van der Waals surface area contributed by atoms with Gasteiger partial charge in [-0.1, -0.05) is 18.3 Å². The third-order valence-electron chi connectivity index (χ3n) is 2.77. The quantitative estimate of drug-likeness (QED) is 0.853. The van der Waals surface area contributed by atoms with Gasteiger partial charge in [0, 0.05) is 32.4 Å². The number of nitrogens with zero attached hydrogens (tertiary/aromatic N) is 3. The van der Waals surface area contributed by atoms with Gasteiger partial charge in [-0.25, -0.2) is 0 Å². The molecule has 2 N–H and O–H groups in total. The number of aromatic nitrogens is 2. The molecule has 0 aliphatic carbocycles. The van der Waals surface area contributed by atoms with E-state index in [1.165, 1.54) is 0 Å². The molecule has 1 heterocycles. The lowest BCUT2D eigenvalue weighted by Crippen LogP contribution is -2.30. The number of carbonyl (C=O) groups excluding carboxylic acids is 1. The topological polar surface area (TPSA) is 72.1 Å². The molecular formula is C13H14N4OS. The molecule has 5 nitrogen and oxygen atoms in total. The van der Waals surface area contributed by atoms with Crippen LogP contribution in [0.3, 0.4) is 0 Å². The summed E-state index contributed by atoms with van der Waals surface area (Å²) in [6, 6.07) is 5.37. The van der Waals surface area contributed by atoms with Crippen LogP contribution < -0.4 is 5.73 Å². The maximum atomic E-state index is 12.3. The molecule has 19 heavy (non-hydrogen) atoms. The highest BCUT2D eigenvalue weighted by molar-refractivity contribution is 7.80. The highest BCUT2D eigenvalue weighted by Gasteiger charge is 2.15. The Labute approximate surface area is 116 Å². The van der Waals surface area contributed by atoms with Crippen LogP contribution in [0.1, 0.15) is 16.8 Å². The Morgan fingerprint density at radius 3 is 2.84 bits per heavy atom. The first-order chi connectivity index (χ1) is 9.09. The molecule has 1 aromatic carbocycles. The standard InChI is InChI=1S/C13H14N4OS/c1-17(8-5-11(14)19)13(18)9-3-2-4-10-12(9)16-7-6-15-10/h2-4,6-7H,5,8H2,1H3,(H2,14,19). The minimum atomic E-state index is -0.109. The third kappa shape index (κ3) is 3.03. The highest BCUT2D eigenvalue weighted by atomic mass is 32.1. The zero-order chi connectivity index (χ0) is 13.8. The molecule has 2 aromatic rings. The number of hydrogen-bond acceptors (Lipinski definition) is 4. The predicted molar refractivity (Wildman–Crippen MR) is 77.9 cm³/mol. The second-order valence-electron chi connectivity index (χ2n) is 4.17. The summed E-state index contributed by atoms with van der Waals surface area (Å²) in [5, 5.41) is 0. The molecule has 0 radical (unpaired) electrons. The van der Waals surface area contributed by atoms with E-state index >= 15 is 0 Å². The van der Waals surface area contributed by atoms with E-state index in [1.54, 1.807) is 36.5 Å². The SMILES string of the molecule is CN(CCC(N)=S)C(=O)c1cccc2nccnc12. The van der Waals surface area contributed by atoms with Gasteiger partial charge in [-0.05, 0) is 12.1 Å². The van der Waals surface area contributed by atoms with Crippen molar-refractivity contribution in [2.75, 3.05) is 13.6 Å². The molecule has 0 atom stereocenters. The van der Waals surface area contributed by atoms with Gasteiger partial charge >= 0.3 is 0 Å². The fourth-order valence-corrected chi connectivity index (χ4v) is 1.84. The van der Waals surface area contributed by atoms with Crippen LogP contribution in [-0.4, -0.2) is 39.4 Å². The van der Waals surface area contributed by atoms with Crippen LogP contribution in [0.2, 0.25) is 0 Å². The summed E-state index contributed by atoms with van der Waals surface area (Å²) in [6.45, 7) is 0.491. The Balaban J connectivity index is 2.28. The van der Waals surface area contributed by atoms with Gasteiger partial charge in [0.25, 0.3) is 5.91 Å². The van der Waals surface area contributed by atoms with E-state index in [0.717, 1.165) is 0 Å². The van der Waals surface area contributed by atoms with Gasteiger partial charge in [-0.3, -0.25) is 14.8 Å². The number of fused-ring (bicyclic) bond motifs is 1. The van der Waals surface area contributed by atoms with Gasteiger partial charge in [-0.15, -0.1) is 0 Å². The van der Waals surface area contributed by atoms with Crippen molar-refractivity contribution in [2.24, 2.45) is 5.73 Å². The van der Waals surface area contributed by atoms with Gasteiger partial charge in [0.1, 0.15) is 5.52 Å². The molecule has 6 heteroatoms. The molecule has 2 rings (SSSR count). The first-order valence-corrected chi connectivity index (χ1v) is 6.24. The Hall–Kier alpha value is -2.08. The molecule has 1 amide bonds. The molecule has 1 aromatic heterocycles. The molecule has 0 aliphatic rings. The Morgan fingerprint density at radius 1 is 1.37 bits per heavy atom. The van der Waals surface area contributed by atoms with Gasteiger partial charge in [0.2, 0.25) is 0 Å². The van der Waals surface area contributed by atoms with E-state index < -0.39 is 0 Å². The second kappa shape index (κ2) is 5.71. The van der Waals surface area contributed by atoms with Crippen molar-refractivity contribution in [1.29, 1.82) is 0 Å². The van der Waals surface area contributed by atoms with Crippen molar-refractivity contribution >= 4 is 34.1 Å². The zero-order valence-electron chi connectivity index (χ0n) is 10.5. The van der Waals surface area contributed by atoms with Crippen LogP contribution in [0.5, 0.6) is 0 Å². The monoisotopic (exact) mass is 274 g/mol. The molecular weight excluding hydrogens is 260 g/mol. The van der Waals surface area contributed by atoms with Gasteiger partial charge in [0.05, 0.1) is 16.1 Å². The summed E-state index contributed by atoms with van der Waals surface area (Å²) in [5.41, 5.74) is 7.29. The second-order valence-corrected chi connectivity index (χ2v) is 4.70. The van der Waals surface area contributed by atoms with Gasteiger partial charge in [0.15, 0.2) is 0 Å². The number of benzene rings is 1. The number of nitrogens with two attached hydrogens (primary N) is 1. The van der Waals surface area contributed by atoms with Crippen LogP contribution in [-0.2, 0) is 0 Å². The van der Waals surface area contributed by atoms with Crippen LogP contribution in [0.15, 0.2) is 30.6 Å². The first kappa shape index (κ1) is 13.4. The highest BCUT2D eigenvalue weighted by Crippen LogP contribution is 2.15. The predicted octanol–water partition coefficient (Wildman–Crippen LogP) is 1.38. The Kier molecular flexibility index (Phi) is 4.01. The Morgan fingerprint density at radius 2 is 2.11 bits per heavy atom. The molecule has 0 spiro atoms. The van der Waals surface area contributed by atoms with Gasteiger partial charge in [-0.2, -0.15) is 0 Å². The number of amides is 1. The van der Waals surface area contributed by atoms with Crippen LogP contribution in [0.4, 0.5) is 0 Å². The minimum Gasteiger partial charge on any atom is -0.393 e. The maximum Gasteiger partial charge on any atom is 0.255 e. The number of carbonyl (C=O) groups is 1. The van der Waals surface area contributed by atoms with Crippen LogP contribution in [0, 0.1) is 0 Å². The summed E-state index contributed by atoms with van der Waals surface area (Å²) in [7, 11) is 1.72. The van der Waals surface area contributed by atoms with Crippen LogP contribution in [0.25, 0.3) is 11.0 Å². The summed E-state index contributed by atoms with van der Waals surface area (Å²) < 4.78 is 0. The van der Waals surface area contributed by atoms with Crippen LogP contribution >= 0.6 is 12.2 Å². The van der Waals surface area contributed by atoms with Crippen molar-refractivity contribution in [3.05, 3.63) is 36.2 Å². The molecule has 0 fully saturated rings. The lowest BCUT2D eigenvalue weighted by Gasteiger charge is -2.17. The van der Waals surface area contributed by atoms with E-state index in [4.69, 9.17) is 18.0 Å². The van der Waals surface area contributed by atoms with Crippen molar-refractivity contribution in [1.82, 2.24) is 14.9 Å². The maximum absolute atomic E-state index is 12.3. The largest absolute Gasteiger partial charge is 0.393 e. The number of thiocarbonyl (C=S) groups is 1. The fourth-order valence-electron chi connectivity index (χ4n) is 1.75. The normalized spacial score (nSPS) is 10.4. The average Bonchev–Trinajstić information content (AvgIpc) is 2.43. The fraction of sp³-hybridized carbons (Fsp3) is 0.231. The molecule has 0 saturated carbocycles. The van der Waals surface area contributed by atoms with Crippen molar-refractivity contribution in [3.8, 4) is 0 Å². The smallest absolute Gasteiger partial charge is 0.255 e. The van der Waals surface area contributed by atoms with E-state index in [-0.39, 0.29) is 5.91 Å². The Bertz CT molecular complexity index is 624. The average molecular weight is 274 g/mol. The zero-order valence-corrected chi connectivity index (χ0v) is 11.4. The molecule has 0 unspecified atom stereocenters. The van der Waals surface area contributed by atoms with Gasteiger partial charge < -0.3 is 10.6 Å². The summed E-state index contributed by atoms with van der Waals surface area (Å²) >= 11 is 4.81. The number of para-hydroxylation sites is 1. The van der Waals surface area contributed by atoms with Crippen molar-refractivity contribution in [2.45, 2.75) is 6.42 Å². The van der Waals surface area contributed by atoms with Crippen molar-refractivity contribution in [3.63, 3.8) is 0 Å². The number of rotatable bonds is 4. The molecule has 0 saturated heterocycles. The molecule has 98 valence electrons. The van der Waals surface area contributed by atoms with Crippen molar-refractivity contribution < 1.29 is 4.79 Å². The lowest BCUT2D eigenvalue weighted by atomic mass is 10.1. The van der Waals surface area contributed by atoms with E-state index in [9.17, 15) is 4.79 Å². The molecule has 0 aliphatic heterocycles. The summed E-state index contributed by atoms with van der Waals surface area (Å²) in [6.07, 6.45) is 3.69.